The lowest BCUT2D eigenvalue weighted by atomic mass is 9.93. The average Bonchev–Trinajstić information content (AvgIpc) is 2.98. The lowest BCUT2D eigenvalue weighted by Crippen LogP contribution is -2.14. The van der Waals surface area contributed by atoms with Crippen LogP contribution in [0.15, 0.2) is 53.7 Å². The van der Waals surface area contributed by atoms with Crippen LogP contribution in [0.2, 0.25) is 5.02 Å². The van der Waals surface area contributed by atoms with E-state index in [1.165, 1.54) is 11.1 Å². The molecule has 19 heavy (non-hydrogen) atoms. The molecule has 0 bridgehead atoms. The molecule has 2 nitrogen and oxygen atoms in total. The van der Waals surface area contributed by atoms with E-state index in [0.29, 0.717) is 5.92 Å². The van der Waals surface area contributed by atoms with Gasteiger partial charge in [-0.25, -0.2) is 0 Å². The zero-order valence-corrected chi connectivity index (χ0v) is 11.0. The Hall–Kier alpha value is -1.80. The molecule has 1 aliphatic carbocycles. The maximum absolute atomic E-state index is 5.93. The monoisotopic (exact) mass is 269 g/mol. The smallest absolute Gasteiger partial charge is 0.161 e. The van der Waals surface area contributed by atoms with Gasteiger partial charge < -0.3 is 4.84 Å². The minimum absolute atomic E-state index is 0.0851. The van der Waals surface area contributed by atoms with Gasteiger partial charge in [0.1, 0.15) is 0 Å². The van der Waals surface area contributed by atoms with Crippen LogP contribution >= 0.6 is 11.6 Å². The molecule has 2 unspecified atom stereocenters. The van der Waals surface area contributed by atoms with Gasteiger partial charge in [0.2, 0.25) is 0 Å². The van der Waals surface area contributed by atoms with Gasteiger partial charge in [0, 0.05) is 5.02 Å². The van der Waals surface area contributed by atoms with E-state index in [-0.39, 0.29) is 6.10 Å². The van der Waals surface area contributed by atoms with Gasteiger partial charge in [-0.1, -0.05) is 53.2 Å². The molecule has 94 valence electrons. The van der Waals surface area contributed by atoms with E-state index < -0.39 is 0 Å². The first-order valence-electron chi connectivity index (χ1n) is 6.40. The number of hydrogen-bond donors (Lipinski definition) is 0. The van der Waals surface area contributed by atoms with Crippen LogP contribution < -0.4 is 0 Å². The SMILES string of the molecule is Clc1ccc(C2=NOC3c4ccccc4CC23)cc1. The molecule has 2 aliphatic rings. The molecule has 2 aromatic rings. The molecule has 0 fully saturated rings. The van der Waals surface area contributed by atoms with Crippen LogP contribution in [0.5, 0.6) is 0 Å². The van der Waals surface area contributed by atoms with Crippen molar-refractivity contribution in [1.29, 1.82) is 0 Å². The molecular weight excluding hydrogens is 258 g/mol. The molecule has 0 amide bonds. The molecule has 0 spiro atoms. The number of hydrogen-bond acceptors (Lipinski definition) is 2. The zero-order chi connectivity index (χ0) is 12.8. The molecule has 0 saturated carbocycles. The summed E-state index contributed by atoms with van der Waals surface area (Å²) in [4.78, 5) is 5.66. The van der Waals surface area contributed by atoms with Gasteiger partial charge in [0.15, 0.2) is 6.10 Å². The Bertz CT molecular complexity index is 663. The fourth-order valence-corrected chi connectivity index (χ4v) is 3.12. The first kappa shape index (κ1) is 11.1. The molecule has 3 heteroatoms. The standard InChI is InChI=1S/C16H12ClNO/c17-12-7-5-10(6-8-12)15-14-9-11-3-1-2-4-13(11)16(14)19-18-15/h1-8,14,16H,9H2. The number of benzene rings is 2. The second kappa shape index (κ2) is 4.10. The van der Waals surface area contributed by atoms with Crippen molar-refractivity contribution in [3.8, 4) is 0 Å². The summed E-state index contributed by atoms with van der Waals surface area (Å²) in [6, 6.07) is 16.3. The van der Waals surface area contributed by atoms with Crippen molar-refractivity contribution in [1.82, 2.24) is 0 Å². The number of rotatable bonds is 1. The topological polar surface area (TPSA) is 21.6 Å². The molecular formula is C16H12ClNO. The molecule has 0 saturated heterocycles. The number of halogens is 1. The van der Waals surface area contributed by atoms with E-state index >= 15 is 0 Å². The Labute approximate surface area is 116 Å². The minimum atomic E-state index is 0.0851. The molecule has 0 radical (unpaired) electrons. The van der Waals surface area contributed by atoms with E-state index in [1.807, 2.05) is 24.3 Å². The predicted molar refractivity (Wildman–Crippen MR) is 75.5 cm³/mol. The predicted octanol–water partition coefficient (Wildman–Crippen LogP) is 3.99. The zero-order valence-electron chi connectivity index (χ0n) is 10.2. The van der Waals surface area contributed by atoms with Crippen molar-refractivity contribution in [2.75, 3.05) is 0 Å². The van der Waals surface area contributed by atoms with E-state index in [0.717, 1.165) is 22.7 Å². The molecule has 2 aromatic carbocycles. The molecule has 1 heterocycles. The molecule has 4 rings (SSSR count). The normalized spacial score (nSPS) is 23.5. The van der Waals surface area contributed by atoms with E-state index in [4.69, 9.17) is 16.4 Å². The summed E-state index contributed by atoms with van der Waals surface area (Å²) in [5.41, 5.74) is 4.79. The Morgan fingerprint density at radius 3 is 2.68 bits per heavy atom. The highest BCUT2D eigenvalue weighted by atomic mass is 35.5. The second-order valence-corrected chi connectivity index (χ2v) is 5.46. The minimum Gasteiger partial charge on any atom is -0.387 e. The summed E-state index contributed by atoms with van der Waals surface area (Å²) in [5.74, 6) is 0.332. The van der Waals surface area contributed by atoms with Gasteiger partial charge in [-0.15, -0.1) is 0 Å². The van der Waals surface area contributed by atoms with Gasteiger partial charge in [-0.05, 0) is 35.2 Å². The molecule has 0 aromatic heterocycles. The largest absolute Gasteiger partial charge is 0.387 e. The number of fused-ring (bicyclic) bond motifs is 3. The van der Waals surface area contributed by atoms with Crippen LogP contribution in [0.3, 0.4) is 0 Å². The van der Waals surface area contributed by atoms with Crippen molar-refractivity contribution in [2.45, 2.75) is 12.5 Å². The third-order valence-electron chi connectivity index (χ3n) is 3.92. The van der Waals surface area contributed by atoms with Gasteiger partial charge in [-0.3, -0.25) is 0 Å². The number of nitrogens with zero attached hydrogens (tertiary/aromatic N) is 1. The fourth-order valence-electron chi connectivity index (χ4n) is 3.00. The van der Waals surface area contributed by atoms with E-state index in [1.54, 1.807) is 0 Å². The first-order chi connectivity index (χ1) is 9.33. The van der Waals surface area contributed by atoms with E-state index in [9.17, 15) is 0 Å². The Morgan fingerprint density at radius 1 is 1.05 bits per heavy atom. The highest BCUT2D eigenvalue weighted by Gasteiger charge is 2.42. The third-order valence-corrected chi connectivity index (χ3v) is 4.17. The van der Waals surface area contributed by atoms with E-state index in [2.05, 4.69) is 29.4 Å². The van der Waals surface area contributed by atoms with Crippen molar-refractivity contribution >= 4 is 17.3 Å². The van der Waals surface area contributed by atoms with Gasteiger partial charge >= 0.3 is 0 Å². The summed E-state index contributed by atoms with van der Waals surface area (Å²) in [7, 11) is 0. The van der Waals surface area contributed by atoms with Crippen LogP contribution in [0.25, 0.3) is 0 Å². The van der Waals surface area contributed by atoms with Crippen molar-refractivity contribution < 1.29 is 4.84 Å². The van der Waals surface area contributed by atoms with Crippen LogP contribution in [0.1, 0.15) is 22.8 Å². The molecule has 1 aliphatic heterocycles. The van der Waals surface area contributed by atoms with Crippen LogP contribution in [0, 0.1) is 5.92 Å². The Morgan fingerprint density at radius 2 is 1.84 bits per heavy atom. The number of oxime groups is 1. The molecule has 0 N–H and O–H groups in total. The maximum atomic E-state index is 5.93. The second-order valence-electron chi connectivity index (χ2n) is 5.02. The highest BCUT2D eigenvalue weighted by Crippen LogP contribution is 2.44. The fraction of sp³-hybridized carbons (Fsp3) is 0.188. The van der Waals surface area contributed by atoms with Gasteiger partial charge in [0.05, 0.1) is 11.6 Å². The summed E-state index contributed by atoms with van der Waals surface area (Å²) in [6.07, 6.45) is 1.09. The maximum Gasteiger partial charge on any atom is 0.161 e. The summed E-state index contributed by atoms with van der Waals surface area (Å²) in [5, 5.41) is 5.04. The summed E-state index contributed by atoms with van der Waals surface area (Å²) in [6.45, 7) is 0. The lowest BCUT2D eigenvalue weighted by Gasteiger charge is -2.09. The van der Waals surface area contributed by atoms with Gasteiger partial charge in [-0.2, -0.15) is 0 Å². The van der Waals surface area contributed by atoms with Crippen LogP contribution in [0.4, 0.5) is 0 Å². The van der Waals surface area contributed by atoms with Crippen LogP contribution in [-0.4, -0.2) is 5.71 Å². The lowest BCUT2D eigenvalue weighted by molar-refractivity contribution is 0.0697. The van der Waals surface area contributed by atoms with Gasteiger partial charge in [0.25, 0.3) is 0 Å². The Kier molecular flexibility index (Phi) is 2.39. The summed E-state index contributed by atoms with van der Waals surface area (Å²) < 4.78 is 0. The summed E-state index contributed by atoms with van der Waals surface area (Å²) >= 11 is 5.93. The Balaban J connectivity index is 1.70. The third kappa shape index (κ3) is 1.67. The first-order valence-corrected chi connectivity index (χ1v) is 6.78. The average molecular weight is 270 g/mol. The highest BCUT2D eigenvalue weighted by molar-refractivity contribution is 6.30. The van der Waals surface area contributed by atoms with Crippen LogP contribution in [-0.2, 0) is 11.3 Å². The van der Waals surface area contributed by atoms with Crippen molar-refractivity contribution in [3.63, 3.8) is 0 Å². The molecule has 2 atom stereocenters. The van der Waals surface area contributed by atoms with Crippen molar-refractivity contribution in [2.24, 2.45) is 11.1 Å². The van der Waals surface area contributed by atoms with Crippen molar-refractivity contribution in [3.05, 3.63) is 70.2 Å². The quantitative estimate of drug-likeness (QED) is 0.767.